The summed E-state index contributed by atoms with van der Waals surface area (Å²) >= 11 is 0. The lowest BCUT2D eigenvalue weighted by molar-refractivity contribution is -0.394. The molecular weight excluding hydrogens is 364 g/mol. The SMILES string of the molecule is Cc1ccc(-c2ccc(OC(=O)c3cc([N+](=O)[O-])cc([N+](=O)[O-])c3)cc2)cc1. The van der Waals surface area contributed by atoms with Crippen LogP contribution in [0.1, 0.15) is 15.9 Å². The van der Waals surface area contributed by atoms with Crippen LogP contribution in [0, 0.1) is 27.2 Å². The molecule has 140 valence electrons. The fraction of sp³-hybridized carbons (Fsp3) is 0.0500. The third kappa shape index (κ3) is 4.18. The molecule has 3 aromatic carbocycles. The zero-order valence-corrected chi connectivity index (χ0v) is 14.7. The zero-order chi connectivity index (χ0) is 20.3. The number of rotatable bonds is 5. The molecule has 8 nitrogen and oxygen atoms in total. The molecule has 0 spiro atoms. The highest BCUT2D eigenvalue weighted by molar-refractivity contribution is 5.92. The van der Waals surface area contributed by atoms with Gasteiger partial charge in [0.1, 0.15) is 5.75 Å². The van der Waals surface area contributed by atoms with Crippen LogP contribution >= 0.6 is 0 Å². The predicted octanol–water partition coefficient (Wildman–Crippen LogP) is 4.70. The molecule has 0 bridgehead atoms. The number of carbonyl (C=O) groups is 1. The monoisotopic (exact) mass is 378 g/mol. The molecule has 0 unspecified atom stereocenters. The topological polar surface area (TPSA) is 113 Å². The third-order valence-electron chi connectivity index (χ3n) is 4.01. The van der Waals surface area contributed by atoms with Gasteiger partial charge in [-0.05, 0) is 30.2 Å². The van der Waals surface area contributed by atoms with E-state index in [-0.39, 0.29) is 11.3 Å². The number of carbonyl (C=O) groups excluding carboxylic acids is 1. The van der Waals surface area contributed by atoms with Crippen LogP contribution in [-0.2, 0) is 0 Å². The number of hydrogen-bond acceptors (Lipinski definition) is 6. The van der Waals surface area contributed by atoms with Crippen LogP contribution in [0.4, 0.5) is 11.4 Å². The Morgan fingerprint density at radius 3 is 1.71 bits per heavy atom. The van der Waals surface area contributed by atoms with Crippen LogP contribution in [0.15, 0.2) is 66.7 Å². The zero-order valence-electron chi connectivity index (χ0n) is 14.7. The van der Waals surface area contributed by atoms with E-state index in [1.165, 1.54) is 0 Å². The van der Waals surface area contributed by atoms with Crippen LogP contribution in [-0.4, -0.2) is 15.8 Å². The number of nitro groups is 2. The minimum Gasteiger partial charge on any atom is -0.423 e. The van der Waals surface area contributed by atoms with Gasteiger partial charge in [0.05, 0.1) is 21.5 Å². The van der Waals surface area contributed by atoms with Crippen molar-refractivity contribution in [2.24, 2.45) is 0 Å². The number of esters is 1. The van der Waals surface area contributed by atoms with E-state index < -0.39 is 27.2 Å². The van der Waals surface area contributed by atoms with Crippen molar-refractivity contribution in [1.82, 2.24) is 0 Å². The minimum atomic E-state index is -0.921. The normalized spacial score (nSPS) is 10.3. The molecule has 0 saturated heterocycles. The summed E-state index contributed by atoms with van der Waals surface area (Å²) in [6.07, 6.45) is 0. The molecule has 0 atom stereocenters. The van der Waals surface area contributed by atoms with Gasteiger partial charge in [-0.1, -0.05) is 42.0 Å². The Labute approximate surface area is 159 Å². The van der Waals surface area contributed by atoms with E-state index in [0.29, 0.717) is 0 Å². The van der Waals surface area contributed by atoms with Crippen LogP contribution < -0.4 is 4.74 Å². The van der Waals surface area contributed by atoms with Crippen LogP contribution in [0.25, 0.3) is 11.1 Å². The first-order valence-electron chi connectivity index (χ1n) is 8.16. The molecule has 0 radical (unpaired) electrons. The van der Waals surface area contributed by atoms with E-state index in [1.54, 1.807) is 24.3 Å². The molecule has 0 fully saturated rings. The summed E-state index contributed by atoms with van der Waals surface area (Å²) < 4.78 is 5.20. The van der Waals surface area contributed by atoms with Gasteiger partial charge >= 0.3 is 5.97 Å². The van der Waals surface area contributed by atoms with Crippen LogP contribution in [0.2, 0.25) is 0 Å². The van der Waals surface area contributed by atoms with Crippen molar-refractivity contribution >= 4 is 17.3 Å². The largest absolute Gasteiger partial charge is 0.423 e. The number of aryl methyl sites for hydroxylation is 1. The Morgan fingerprint density at radius 1 is 0.786 bits per heavy atom. The van der Waals surface area contributed by atoms with Gasteiger partial charge in [0.25, 0.3) is 11.4 Å². The summed E-state index contributed by atoms with van der Waals surface area (Å²) in [5.74, 6) is -0.704. The predicted molar refractivity (Wildman–Crippen MR) is 101 cm³/mol. The maximum Gasteiger partial charge on any atom is 0.344 e. The van der Waals surface area contributed by atoms with Crippen molar-refractivity contribution in [2.75, 3.05) is 0 Å². The summed E-state index contributed by atoms with van der Waals surface area (Å²) in [6.45, 7) is 1.99. The molecular formula is C20H14N2O6. The van der Waals surface area contributed by atoms with E-state index in [0.717, 1.165) is 34.9 Å². The highest BCUT2D eigenvalue weighted by Gasteiger charge is 2.21. The van der Waals surface area contributed by atoms with Gasteiger partial charge in [0, 0.05) is 12.1 Å². The highest BCUT2D eigenvalue weighted by atomic mass is 16.6. The summed E-state index contributed by atoms with van der Waals surface area (Å²) in [7, 11) is 0. The van der Waals surface area contributed by atoms with Crippen molar-refractivity contribution in [2.45, 2.75) is 6.92 Å². The van der Waals surface area contributed by atoms with Gasteiger partial charge < -0.3 is 4.74 Å². The van der Waals surface area contributed by atoms with Crippen molar-refractivity contribution in [1.29, 1.82) is 0 Å². The van der Waals surface area contributed by atoms with Gasteiger partial charge in [0.15, 0.2) is 0 Å². The first kappa shape index (κ1) is 18.7. The molecule has 0 amide bonds. The number of ether oxygens (including phenoxy) is 1. The summed E-state index contributed by atoms with van der Waals surface area (Å²) in [5.41, 5.74) is 1.67. The van der Waals surface area contributed by atoms with Crippen LogP contribution in [0.5, 0.6) is 5.75 Å². The van der Waals surface area contributed by atoms with Gasteiger partial charge in [-0.15, -0.1) is 0 Å². The molecule has 0 aliphatic carbocycles. The molecule has 8 heteroatoms. The lowest BCUT2D eigenvalue weighted by Gasteiger charge is -2.07. The lowest BCUT2D eigenvalue weighted by Crippen LogP contribution is -2.09. The molecule has 0 aliphatic heterocycles. The summed E-state index contributed by atoms with van der Waals surface area (Å²) in [5, 5.41) is 21.9. The second kappa shape index (κ2) is 7.67. The average molecular weight is 378 g/mol. The van der Waals surface area contributed by atoms with Gasteiger partial charge in [-0.2, -0.15) is 0 Å². The minimum absolute atomic E-state index is 0.218. The van der Waals surface area contributed by atoms with Crippen molar-refractivity contribution in [3.8, 4) is 16.9 Å². The van der Waals surface area contributed by atoms with E-state index in [1.807, 2.05) is 31.2 Å². The quantitative estimate of drug-likeness (QED) is 0.275. The number of hydrogen-bond donors (Lipinski definition) is 0. The first-order valence-corrected chi connectivity index (χ1v) is 8.16. The Balaban J connectivity index is 1.82. The number of nitro benzene ring substituents is 2. The average Bonchev–Trinajstić information content (AvgIpc) is 2.68. The highest BCUT2D eigenvalue weighted by Crippen LogP contribution is 2.26. The molecule has 0 aromatic heterocycles. The van der Waals surface area contributed by atoms with E-state index in [9.17, 15) is 25.0 Å². The molecule has 3 rings (SSSR count). The lowest BCUT2D eigenvalue weighted by atomic mass is 10.0. The fourth-order valence-electron chi connectivity index (χ4n) is 2.55. The number of nitrogens with zero attached hydrogens (tertiary/aromatic N) is 2. The maximum atomic E-state index is 12.3. The van der Waals surface area contributed by atoms with E-state index in [2.05, 4.69) is 0 Å². The molecule has 3 aromatic rings. The number of benzene rings is 3. The van der Waals surface area contributed by atoms with Gasteiger partial charge in [-0.25, -0.2) is 4.79 Å². The Kier molecular flexibility index (Phi) is 5.12. The standard InChI is InChI=1S/C20H14N2O6/c1-13-2-4-14(5-3-13)15-6-8-19(9-7-15)28-20(23)16-10-17(21(24)25)12-18(11-16)22(26)27/h2-12H,1H3. The van der Waals surface area contributed by atoms with Crippen molar-refractivity contribution in [3.05, 3.63) is 98.1 Å². The van der Waals surface area contributed by atoms with Gasteiger partial charge in [0.2, 0.25) is 0 Å². The number of non-ortho nitro benzene ring substituents is 2. The first-order chi connectivity index (χ1) is 13.3. The van der Waals surface area contributed by atoms with E-state index >= 15 is 0 Å². The molecule has 28 heavy (non-hydrogen) atoms. The van der Waals surface area contributed by atoms with Crippen molar-refractivity contribution in [3.63, 3.8) is 0 Å². The molecule has 0 heterocycles. The summed E-state index contributed by atoms with van der Waals surface area (Å²) in [6, 6.07) is 17.3. The van der Waals surface area contributed by atoms with Crippen molar-refractivity contribution < 1.29 is 19.4 Å². The third-order valence-corrected chi connectivity index (χ3v) is 4.01. The second-order valence-electron chi connectivity index (χ2n) is 6.03. The summed E-state index contributed by atoms with van der Waals surface area (Å²) in [4.78, 5) is 32.5. The molecule has 0 aliphatic rings. The van der Waals surface area contributed by atoms with Gasteiger partial charge in [-0.3, -0.25) is 20.2 Å². The Bertz CT molecular complexity index is 1030. The van der Waals surface area contributed by atoms with Crippen LogP contribution in [0.3, 0.4) is 0 Å². The Morgan fingerprint density at radius 2 is 1.25 bits per heavy atom. The smallest absolute Gasteiger partial charge is 0.344 e. The molecule has 0 saturated carbocycles. The fourth-order valence-corrected chi connectivity index (χ4v) is 2.55. The van der Waals surface area contributed by atoms with E-state index in [4.69, 9.17) is 4.74 Å². The maximum absolute atomic E-state index is 12.3. The second-order valence-corrected chi connectivity index (χ2v) is 6.03. The molecule has 0 N–H and O–H groups in total. The Hall–Kier alpha value is -4.07.